The van der Waals surface area contributed by atoms with Crippen LogP contribution in [-0.4, -0.2) is 54.2 Å². The molecule has 0 aliphatic carbocycles. The number of esters is 1. The van der Waals surface area contributed by atoms with Gasteiger partial charge in [-0.2, -0.15) is 0 Å². The third-order valence-corrected chi connectivity index (χ3v) is 3.19. The number of rotatable bonds is 4. The van der Waals surface area contributed by atoms with Gasteiger partial charge in [0, 0.05) is 13.1 Å². The second kappa shape index (κ2) is 6.33. The number of hydrogen-bond donors (Lipinski definition) is 2. The van der Waals surface area contributed by atoms with Crippen molar-refractivity contribution in [3.63, 3.8) is 0 Å². The Balaban J connectivity index is 2.08. The van der Waals surface area contributed by atoms with E-state index < -0.39 is 24.0 Å². The Morgan fingerprint density at radius 2 is 2.14 bits per heavy atom. The highest BCUT2D eigenvalue weighted by molar-refractivity contribution is 6.00. The number of nitrogens with one attached hydrogen (secondary N) is 1. The third-order valence-electron chi connectivity index (χ3n) is 3.19. The summed E-state index contributed by atoms with van der Waals surface area (Å²) in [5.41, 5.74) is -0.120. The van der Waals surface area contributed by atoms with Crippen molar-refractivity contribution in [2.24, 2.45) is 0 Å². The van der Waals surface area contributed by atoms with Crippen molar-refractivity contribution in [2.45, 2.75) is 13.0 Å². The number of carbonyl (C=O) groups excluding carboxylic acids is 3. The quantitative estimate of drug-likeness (QED) is 0.785. The van der Waals surface area contributed by atoms with Crippen LogP contribution in [0, 0.1) is 0 Å². The summed E-state index contributed by atoms with van der Waals surface area (Å²) < 4.78 is 9.91. The number of phenols is 1. The molecule has 0 bridgehead atoms. The summed E-state index contributed by atoms with van der Waals surface area (Å²) in [7, 11) is 1.35. The lowest BCUT2D eigenvalue weighted by Gasteiger charge is -2.18. The van der Waals surface area contributed by atoms with E-state index in [1.807, 2.05) is 0 Å². The standard InChI is InChI=1S/C14H16N2O6/c1-8(12(18)16-7-6-15-14(16)20)22-13(19)9-4-3-5-10(21-2)11(9)17/h3-5,8,17H,6-7H2,1-2H3,(H,15,20)/t8-/m1/s1. The fourth-order valence-electron chi connectivity index (χ4n) is 2.03. The minimum Gasteiger partial charge on any atom is -0.504 e. The Labute approximate surface area is 126 Å². The maximum atomic E-state index is 12.0. The van der Waals surface area contributed by atoms with E-state index in [4.69, 9.17) is 9.47 Å². The van der Waals surface area contributed by atoms with Gasteiger partial charge in [0.2, 0.25) is 0 Å². The van der Waals surface area contributed by atoms with Gasteiger partial charge in [-0.1, -0.05) is 6.07 Å². The van der Waals surface area contributed by atoms with E-state index >= 15 is 0 Å². The maximum absolute atomic E-state index is 12.0. The van der Waals surface area contributed by atoms with Crippen LogP contribution in [0.2, 0.25) is 0 Å². The molecule has 3 amide bonds. The van der Waals surface area contributed by atoms with E-state index in [0.29, 0.717) is 6.54 Å². The Morgan fingerprint density at radius 1 is 1.41 bits per heavy atom. The van der Waals surface area contributed by atoms with Crippen molar-refractivity contribution in [1.82, 2.24) is 10.2 Å². The average molecular weight is 308 g/mol. The molecular formula is C14H16N2O6. The van der Waals surface area contributed by atoms with Gasteiger partial charge in [-0.05, 0) is 19.1 Å². The molecule has 1 atom stereocenters. The van der Waals surface area contributed by atoms with Gasteiger partial charge < -0.3 is 19.9 Å². The van der Waals surface area contributed by atoms with Gasteiger partial charge in [-0.15, -0.1) is 0 Å². The van der Waals surface area contributed by atoms with E-state index in [-0.39, 0.29) is 23.6 Å². The number of nitrogens with zero attached hydrogens (tertiary/aromatic N) is 1. The molecule has 0 unspecified atom stereocenters. The van der Waals surface area contributed by atoms with Crippen LogP contribution in [-0.2, 0) is 9.53 Å². The molecule has 2 rings (SSSR count). The van der Waals surface area contributed by atoms with E-state index in [1.165, 1.54) is 32.2 Å². The lowest BCUT2D eigenvalue weighted by atomic mass is 10.2. The number of para-hydroxylation sites is 1. The van der Waals surface area contributed by atoms with Crippen molar-refractivity contribution in [2.75, 3.05) is 20.2 Å². The predicted octanol–water partition coefficient (Wildman–Crippen LogP) is 0.498. The SMILES string of the molecule is COc1cccc(C(=O)O[C@H](C)C(=O)N2CCNC2=O)c1O. The fourth-order valence-corrected chi connectivity index (χ4v) is 2.03. The Morgan fingerprint density at radius 3 is 2.73 bits per heavy atom. The average Bonchev–Trinajstić information content (AvgIpc) is 2.92. The van der Waals surface area contributed by atoms with Crippen LogP contribution in [0.4, 0.5) is 4.79 Å². The molecule has 0 radical (unpaired) electrons. The zero-order valence-electron chi connectivity index (χ0n) is 12.2. The molecule has 1 heterocycles. The van der Waals surface area contributed by atoms with Crippen molar-refractivity contribution in [3.05, 3.63) is 23.8 Å². The first-order valence-corrected chi connectivity index (χ1v) is 6.62. The molecule has 1 fully saturated rings. The summed E-state index contributed by atoms with van der Waals surface area (Å²) in [5, 5.41) is 12.4. The molecule has 0 spiro atoms. The van der Waals surface area contributed by atoms with Crippen molar-refractivity contribution < 1.29 is 29.0 Å². The summed E-state index contributed by atoms with van der Waals surface area (Å²) in [5.74, 6) is -1.75. The van der Waals surface area contributed by atoms with Crippen LogP contribution in [0.1, 0.15) is 17.3 Å². The van der Waals surface area contributed by atoms with Crippen LogP contribution in [0.3, 0.4) is 0 Å². The first kappa shape index (κ1) is 15.6. The second-order valence-electron chi connectivity index (χ2n) is 4.63. The molecular weight excluding hydrogens is 292 g/mol. The van der Waals surface area contributed by atoms with Crippen LogP contribution >= 0.6 is 0 Å². The lowest BCUT2D eigenvalue weighted by Crippen LogP contribution is -2.41. The first-order valence-electron chi connectivity index (χ1n) is 6.62. The zero-order chi connectivity index (χ0) is 16.3. The number of carbonyl (C=O) groups is 3. The van der Waals surface area contributed by atoms with Gasteiger partial charge in [0.15, 0.2) is 17.6 Å². The van der Waals surface area contributed by atoms with Gasteiger partial charge in [0.1, 0.15) is 5.56 Å². The minimum atomic E-state index is -1.15. The molecule has 1 aliphatic heterocycles. The molecule has 0 aromatic heterocycles. The van der Waals surface area contributed by atoms with Crippen LogP contribution < -0.4 is 10.1 Å². The maximum Gasteiger partial charge on any atom is 0.342 e. The number of imide groups is 1. The smallest absolute Gasteiger partial charge is 0.342 e. The number of amides is 3. The summed E-state index contributed by atoms with van der Waals surface area (Å²) in [6, 6.07) is 3.82. The molecule has 2 N–H and O–H groups in total. The Hall–Kier alpha value is -2.77. The Kier molecular flexibility index (Phi) is 4.50. The van der Waals surface area contributed by atoms with E-state index in [0.717, 1.165) is 4.90 Å². The van der Waals surface area contributed by atoms with Crippen molar-refractivity contribution in [3.8, 4) is 11.5 Å². The number of methoxy groups -OCH3 is 1. The second-order valence-corrected chi connectivity index (χ2v) is 4.63. The summed E-state index contributed by atoms with van der Waals surface area (Å²) in [6.07, 6.45) is -1.15. The summed E-state index contributed by atoms with van der Waals surface area (Å²) in [6.45, 7) is 1.95. The highest BCUT2D eigenvalue weighted by Gasteiger charge is 2.32. The topological polar surface area (TPSA) is 105 Å². The predicted molar refractivity (Wildman–Crippen MR) is 74.6 cm³/mol. The monoisotopic (exact) mass is 308 g/mol. The number of benzene rings is 1. The van der Waals surface area contributed by atoms with E-state index in [9.17, 15) is 19.5 Å². The number of ether oxygens (including phenoxy) is 2. The van der Waals surface area contributed by atoms with Crippen LogP contribution in [0.25, 0.3) is 0 Å². The van der Waals surface area contributed by atoms with Gasteiger partial charge in [0.05, 0.1) is 7.11 Å². The molecule has 0 saturated carbocycles. The van der Waals surface area contributed by atoms with Gasteiger partial charge in [-0.3, -0.25) is 9.69 Å². The molecule has 118 valence electrons. The largest absolute Gasteiger partial charge is 0.504 e. The normalized spacial score (nSPS) is 15.2. The molecule has 22 heavy (non-hydrogen) atoms. The van der Waals surface area contributed by atoms with Gasteiger partial charge >= 0.3 is 12.0 Å². The molecule has 8 nitrogen and oxygen atoms in total. The number of phenolic OH excluding ortho intramolecular Hbond substituents is 1. The molecule has 1 aliphatic rings. The highest BCUT2D eigenvalue weighted by Crippen LogP contribution is 2.30. The summed E-state index contributed by atoms with van der Waals surface area (Å²) in [4.78, 5) is 36.5. The summed E-state index contributed by atoms with van der Waals surface area (Å²) >= 11 is 0. The van der Waals surface area contributed by atoms with E-state index in [1.54, 1.807) is 0 Å². The number of hydrogen-bond acceptors (Lipinski definition) is 6. The first-order chi connectivity index (χ1) is 10.5. The van der Waals surface area contributed by atoms with Crippen molar-refractivity contribution in [1.29, 1.82) is 0 Å². The highest BCUT2D eigenvalue weighted by atomic mass is 16.5. The Bertz CT molecular complexity index is 615. The minimum absolute atomic E-state index is 0.118. The van der Waals surface area contributed by atoms with Crippen LogP contribution in [0.5, 0.6) is 11.5 Å². The van der Waals surface area contributed by atoms with Crippen LogP contribution in [0.15, 0.2) is 18.2 Å². The lowest BCUT2D eigenvalue weighted by molar-refractivity contribution is -0.136. The molecule has 1 aromatic carbocycles. The number of urea groups is 1. The van der Waals surface area contributed by atoms with Gasteiger partial charge in [0.25, 0.3) is 5.91 Å². The third kappa shape index (κ3) is 2.95. The van der Waals surface area contributed by atoms with E-state index in [2.05, 4.69) is 5.32 Å². The fraction of sp³-hybridized carbons (Fsp3) is 0.357. The molecule has 1 saturated heterocycles. The molecule has 1 aromatic rings. The van der Waals surface area contributed by atoms with Crippen molar-refractivity contribution >= 4 is 17.9 Å². The zero-order valence-corrected chi connectivity index (χ0v) is 12.2. The number of aromatic hydroxyl groups is 1. The molecule has 8 heteroatoms. The van der Waals surface area contributed by atoms with Gasteiger partial charge in [-0.25, -0.2) is 9.59 Å².